The van der Waals surface area contributed by atoms with Crippen LogP contribution in [0.3, 0.4) is 0 Å². The summed E-state index contributed by atoms with van der Waals surface area (Å²) in [5.41, 5.74) is 0.881. The number of nitrogens with one attached hydrogen (secondary N) is 1. The Kier molecular flexibility index (Phi) is 5.27. The third kappa shape index (κ3) is 3.92. The summed E-state index contributed by atoms with van der Waals surface area (Å²) in [5.74, 6) is 1.18. The van der Waals surface area contributed by atoms with Crippen LogP contribution >= 0.6 is 0 Å². The molecule has 30 heavy (non-hydrogen) atoms. The molecule has 1 atom stereocenters. The Labute approximate surface area is 172 Å². The van der Waals surface area contributed by atoms with Crippen LogP contribution in [0.25, 0.3) is 10.8 Å². The van der Waals surface area contributed by atoms with Crippen molar-refractivity contribution in [2.24, 2.45) is 0 Å². The van der Waals surface area contributed by atoms with Crippen LogP contribution in [0.5, 0.6) is 5.75 Å². The van der Waals surface area contributed by atoms with E-state index in [1.165, 1.54) is 13.0 Å². The van der Waals surface area contributed by atoms with Crippen molar-refractivity contribution in [2.75, 3.05) is 18.5 Å². The number of rotatable bonds is 5. The van der Waals surface area contributed by atoms with Crippen molar-refractivity contribution in [3.8, 4) is 5.75 Å². The monoisotopic (exact) mass is 417 g/mol. The first kappa shape index (κ1) is 20.4. The Bertz CT molecular complexity index is 1080. The Hall–Kier alpha value is -2.87. The maximum atomic E-state index is 13.3. The highest BCUT2D eigenvalue weighted by Gasteiger charge is 2.33. The fraction of sp³-hybridized carbons (Fsp3) is 0.364. The van der Waals surface area contributed by atoms with Gasteiger partial charge in [0.15, 0.2) is 5.82 Å². The van der Waals surface area contributed by atoms with E-state index in [4.69, 9.17) is 9.47 Å². The Balaban J connectivity index is 1.68. The second kappa shape index (κ2) is 7.75. The minimum Gasteiger partial charge on any atom is -0.486 e. The molecule has 0 saturated carbocycles. The van der Waals surface area contributed by atoms with Gasteiger partial charge < -0.3 is 14.8 Å². The fourth-order valence-electron chi connectivity index (χ4n) is 3.63. The average molecular weight is 417 g/mol. The molecular weight excluding hydrogens is 395 g/mol. The second-order valence-corrected chi connectivity index (χ2v) is 7.50. The van der Waals surface area contributed by atoms with E-state index in [1.54, 1.807) is 6.07 Å². The van der Waals surface area contributed by atoms with Gasteiger partial charge in [0.05, 0.1) is 30.5 Å². The molecule has 2 heterocycles. The third-order valence-corrected chi connectivity index (χ3v) is 5.35. The topological polar surface area (TPSA) is 56.3 Å². The lowest BCUT2D eigenvalue weighted by atomic mass is 9.97. The lowest BCUT2D eigenvalue weighted by Crippen LogP contribution is -2.38. The SMILES string of the molecule is Cc1c(C(C)Nc2nnc(C)c3ccc(OC4COC4)cc23)cccc1C(F)(F)F. The molecule has 1 unspecified atom stereocenters. The van der Waals surface area contributed by atoms with E-state index in [0.717, 1.165) is 22.5 Å². The lowest BCUT2D eigenvalue weighted by Gasteiger charge is -2.27. The van der Waals surface area contributed by atoms with Crippen LogP contribution in [0.4, 0.5) is 19.0 Å². The van der Waals surface area contributed by atoms with Crippen molar-refractivity contribution in [1.29, 1.82) is 0 Å². The number of alkyl halides is 3. The van der Waals surface area contributed by atoms with Gasteiger partial charge in [-0.15, -0.1) is 5.10 Å². The minimum absolute atomic E-state index is 0.0291. The Morgan fingerprint density at radius 2 is 1.87 bits per heavy atom. The zero-order valence-electron chi connectivity index (χ0n) is 16.9. The van der Waals surface area contributed by atoms with Crippen molar-refractivity contribution < 1.29 is 22.6 Å². The number of hydrogen-bond donors (Lipinski definition) is 1. The number of benzene rings is 2. The highest BCUT2D eigenvalue weighted by atomic mass is 19.4. The van der Waals surface area contributed by atoms with E-state index in [2.05, 4.69) is 15.5 Å². The average Bonchev–Trinajstić information content (AvgIpc) is 2.66. The number of anilines is 1. The maximum Gasteiger partial charge on any atom is 0.416 e. The largest absolute Gasteiger partial charge is 0.486 e. The number of aryl methyl sites for hydroxylation is 1. The molecule has 1 saturated heterocycles. The first-order valence-corrected chi connectivity index (χ1v) is 9.68. The smallest absolute Gasteiger partial charge is 0.416 e. The third-order valence-electron chi connectivity index (χ3n) is 5.35. The predicted molar refractivity (Wildman–Crippen MR) is 108 cm³/mol. The molecule has 1 aliphatic rings. The molecule has 5 nitrogen and oxygen atoms in total. The second-order valence-electron chi connectivity index (χ2n) is 7.50. The number of aromatic nitrogens is 2. The van der Waals surface area contributed by atoms with E-state index >= 15 is 0 Å². The molecule has 0 spiro atoms. The van der Waals surface area contributed by atoms with Crippen molar-refractivity contribution in [3.05, 3.63) is 58.8 Å². The molecule has 0 aliphatic carbocycles. The summed E-state index contributed by atoms with van der Waals surface area (Å²) in [4.78, 5) is 0. The van der Waals surface area contributed by atoms with Gasteiger partial charge in [-0.1, -0.05) is 12.1 Å². The van der Waals surface area contributed by atoms with Crippen molar-refractivity contribution in [3.63, 3.8) is 0 Å². The molecule has 0 amide bonds. The van der Waals surface area contributed by atoms with Crippen LogP contribution in [-0.4, -0.2) is 29.5 Å². The van der Waals surface area contributed by atoms with Crippen molar-refractivity contribution >= 4 is 16.6 Å². The molecule has 1 fully saturated rings. The van der Waals surface area contributed by atoms with Crippen LogP contribution in [0.1, 0.15) is 35.3 Å². The number of fused-ring (bicyclic) bond motifs is 1. The normalized spacial score (nSPS) is 15.7. The summed E-state index contributed by atoms with van der Waals surface area (Å²) in [5, 5.41) is 13.4. The lowest BCUT2D eigenvalue weighted by molar-refractivity contribution is -0.138. The summed E-state index contributed by atoms with van der Waals surface area (Å²) in [6, 6.07) is 9.48. The van der Waals surface area contributed by atoms with E-state index in [1.807, 2.05) is 32.0 Å². The van der Waals surface area contributed by atoms with Gasteiger partial charge in [-0.3, -0.25) is 0 Å². The van der Waals surface area contributed by atoms with Crippen LogP contribution in [0, 0.1) is 13.8 Å². The van der Waals surface area contributed by atoms with Gasteiger partial charge in [0.2, 0.25) is 0 Å². The van der Waals surface area contributed by atoms with E-state index in [9.17, 15) is 13.2 Å². The summed E-state index contributed by atoms with van der Waals surface area (Å²) in [6.45, 7) is 6.27. The first-order chi connectivity index (χ1) is 14.2. The predicted octanol–water partition coefficient (Wildman–Crippen LogP) is 5.22. The van der Waals surface area contributed by atoms with Crippen LogP contribution in [0.2, 0.25) is 0 Å². The first-order valence-electron chi connectivity index (χ1n) is 9.68. The Morgan fingerprint density at radius 1 is 1.10 bits per heavy atom. The number of hydrogen-bond acceptors (Lipinski definition) is 5. The fourth-order valence-corrected chi connectivity index (χ4v) is 3.63. The molecule has 1 N–H and O–H groups in total. The van der Waals surface area contributed by atoms with Gasteiger partial charge in [0.25, 0.3) is 0 Å². The van der Waals surface area contributed by atoms with Gasteiger partial charge in [0.1, 0.15) is 11.9 Å². The number of halogens is 3. The highest BCUT2D eigenvalue weighted by Crippen LogP contribution is 2.36. The molecular formula is C22H22F3N3O2. The molecule has 1 aliphatic heterocycles. The number of nitrogens with zero attached hydrogens (tertiary/aromatic N) is 2. The van der Waals surface area contributed by atoms with Gasteiger partial charge >= 0.3 is 6.18 Å². The molecule has 3 aromatic rings. The quantitative estimate of drug-likeness (QED) is 0.617. The van der Waals surface area contributed by atoms with Gasteiger partial charge in [-0.05, 0) is 56.2 Å². The minimum atomic E-state index is -4.40. The Morgan fingerprint density at radius 3 is 2.53 bits per heavy atom. The van der Waals surface area contributed by atoms with Crippen LogP contribution < -0.4 is 10.1 Å². The van der Waals surface area contributed by atoms with Crippen molar-refractivity contribution in [2.45, 2.75) is 39.1 Å². The zero-order valence-corrected chi connectivity index (χ0v) is 16.9. The number of ether oxygens (including phenoxy) is 2. The zero-order chi connectivity index (χ0) is 21.5. The van der Waals surface area contributed by atoms with Gasteiger partial charge in [-0.25, -0.2) is 0 Å². The summed E-state index contributed by atoms with van der Waals surface area (Å²) in [7, 11) is 0. The standard InChI is InChI=1S/C22H22F3N3O2/c1-12-17(5-4-6-20(12)22(23,24)25)13(2)26-21-19-9-15(30-16-10-29-11-16)7-8-18(19)14(3)27-28-21/h4-9,13,16H,10-11H2,1-3H3,(H,26,28). The maximum absolute atomic E-state index is 13.3. The summed E-state index contributed by atoms with van der Waals surface area (Å²) >= 11 is 0. The summed E-state index contributed by atoms with van der Waals surface area (Å²) < 4.78 is 50.9. The molecule has 2 aromatic carbocycles. The summed E-state index contributed by atoms with van der Waals surface area (Å²) in [6.07, 6.45) is -4.37. The van der Waals surface area contributed by atoms with Crippen molar-refractivity contribution in [1.82, 2.24) is 10.2 Å². The van der Waals surface area contributed by atoms with E-state index < -0.39 is 17.8 Å². The van der Waals surface area contributed by atoms with Gasteiger partial charge in [0, 0.05) is 10.8 Å². The molecule has 158 valence electrons. The van der Waals surface area contributed by atoms with Gasteiger partial charge in [-0.2, -0.15) is 18.3 Å². The molecule has 8 heteroatoms. The van der Waals surface area contributed by atoms with E-state index in [-0.39, 0.29) is 11.7 Å². The molecule has 4 rings (SSSR count). The highest BCUT2D eigenvalue weighted by molar-refractivity contribution is 5.94. The van der Waals surface area contributed by atoms with E-state index in [0.29, 0.717) is 30.3 Å². The van der Waals surface area contributed by atoms with Crippen LogP contribution in [-0.2, 0) is 10.9 Å². The molecule has 0 radical (unpaired) electrons. The molecule has 1 aromatic heterocycles. The molecule has 0 bridgehead atoms. The van der Waals surface area contributed by atoms with Crippen LogP contribution in [0.15, 0.2) is 36.4 Å².